The number of carbonyl (C=O) groups excluding carboxylic acids is 1. The normalized spacial score (nSPS) is 10.1. The lowest BCUT2D eigenvalue weighted by molar-refractivity contribution is 0.0525. The van der Waals surface area contributed by atoms with Gasteiger partial charge in [0.1, 0.15) is 5.56 Å². The van der Waals surface area contributed by atoms with Crippen molar-refractivity contribution in [3.8, 4) is 6.07 Å². The van der Waals surface area contributed by atoms with Gasteiger partial charge in [0, 0.05) is 19.0 Å². The van der Waals surface area contributed by atoms with Crippen LogP contribution < -0.4 is 0 Å². The van der Waals surface area contributed by atoms with E-state index in [0.717, 1.165) is 10.7 Å². The predicted molar refractivity (Wildman–Crippen MR) is 77.7 cm³/mol. The second kappa shape index (κ2) is 6.90. The fourth-order valence-electron chi connectivity index (χ4n) is 1.71. The zero-order valence-electron chi connectivity index (χ0n) is 11.7. The van der Waals surface area contributed by atoms with Crippen LogP contribution in [0.15, 0.2) is 29.6 Å². The van der Waals surface area contributed by atoms with Gasteiger partial charge < -0.3 is 4.74 Å². The smallest absolute Gasteiger partial charge is 0.341 e. The number of esters is 1. The van der Waals surface area contributed by atoms with Crippen LogP contribution in [-0.4, -0.2) is 27.3 Å². The molecule has 7 heteroatoms. The molecule has 0 amide bonds. The van der Waals surface area contributed by atoms with Gasteiger partial charge in [-0.3, -0.25) is 4.68 Å². The molecule has 0 bridgehead atoms. The summed E-state index contributed by atoms with van der Waals surface area (Å²) in [6.07, 6.45) is 3.10. The number of aromatic nitrogens is 3. The number of hydrogen-bond donors (Lipinski definition) is 0. The number of rotatable bonds is 5. The first kappa shape index (κ1) is 15.1. The fraction of sp³-hybridized carbons (Fsp3) is 0.286. The molecule has 0 unspecified atom stereocenters. The van der Waals surface area contributed by atoms with E-state index < -0.39 is 0 Å². The van der Waals surface area contributed by atoms with Crippen LogP contribution in [-0.2, 0) is 17.5 Å². The first-order valence-electron chi connectivity index (χ1n) is 6.32. The number of pyridine rings is 1. The summed E-state index contributed by atoms with van der Waals surface area (Å²) >= 11 is 1.44. The van der Waals surface area contributed by atoms with E-state index in [4.69, 9.17) is 10.00 Å². The molecule has 6 nitrogen and oxygen atoms in total. The van der Waals surface area contributed by atoms with E-state index in [1.165, 1.54) is 18.0 Å². The van der Waals surface area contributed by atoms with Gasteiger partial charge >= 0.3 is 5.97 Å². The maximum absolute atomic E-state index is 11.8. The van der Waals surface area contributed by atoms with E-state index in [0.29, 0.717) is 23.5 Å². The van der Waals surface area contributed by atoms with Crippen molar-refractivity contribution >= 4 is 17.7 Å². The Labute approximate surface area is 126 Å². The molecule has 0 spiro atoms. The number of aryl methyl sites for hydroxylation is 1. The molecule has 0 saturated carbocycles. The summed E-state index contributed by atoms with van der Waals surface area (Å²) in [4.78, 5) is 16.0. The van der Waals surface area contributed by atoms with Crippen molar-refractivity contribution in [1.29, 1.82) is 5.26 Å². The van der Waals surface area contributed by atoms with Crippen LogP contribution in [0.5, 0.6) is 0 Å². The number of nitrogens with zero attached hydrogens (tertiary/aromatic N) is 4. The van der Waals surface area contributed by atoms with Crippen LogP contribution in [0.25, 0.3) is 0 Å². The van der Waals surface area contributed by atoms with Gasteiger partial charge in [-0.25, -0.2) is 9.78 Å². The highest BCUT2D eigenvalue weighted by atomic mass is 32.2. The second-order valence-corrected chi connectivity index (χ2v) is 5.13. The van der Waals surface area contributed by atoms with Crippen molar-refractivity contribution < 1.29 is 9.53 Å². The van der Waals surface area contributed by atoms with Crippen molar-refractivity contribution in [3.63, 3.8) is 0 Å². The third-order valence-electron chi connectivity index (χ3n) is 2.78. The molecule has 0 atom stereocenters. The maximum atomic E-state index is 11.8. The van der Waals surface area contributed by atoms with Crippen LogP contribution in [0, 0.1) is 11.3 Å². The van der Waals surface area contributed by atoms with Crippen molar-refractivity contribution in [2.75, 3.05) is 6.61 Å². The highest BCUT2D eigenvalue weighted by Crippen LogP contribution is 2.23. The summed E-state index contributed by atoms with van der Waals surface area (Å²) in [5, 5.41) is 13.7. The molecule has 0 aromatic carbocycles. The van der Waals surface area contributed by atoms with E-state index in [2.05, 4.69) is 16.2 Å². The second-order valence-electron chi connectivity index (χ2n) is 4.13. The monoisotopic (exact) mass is 302 g/mol. The topological polar surface area (TPSA) is 80.8 Å². The molecule has 2 heterocycles. The quantitative estimate of drug-likeness (QED) is 0.622. The molecule has 0 aliphatic rings. The number of nitriles is 1. The minimum Gasteiger partial charge on any atom is -0.462 e. The molecule has 0 radical (unpaired) electrons. The molecule has 2 rings (SSSR count). The Hall–Kier alpha value is -2.33. The lowest BCUT2D eigenvalue weighted by Gasteiger charge is -2.06. The Morgan fingerprint density at radius 1 is 1.57 bits per heavy atom. The lowest BCUT2D eigenvalue weighted by atomic mass is 10.3. The molecular formula is C14H14N4O2S. The van der Waals surface area contributed by atoms with Gasteiger partial charge in [-0.1, -0.05) is 11.8 Å². The standard InChI is InChI=1S/C14H14N4O2S/c1-3-20-14(19)11-8-17-18(2)12(11)9-21-13-6-10(7-15)4-5-16-13/h4-6,8H,3,9H2,1-2H3. The molecule has 21 heavy (non-hydrogen) atoms. The number of hydrogen-bond acceptors (Lipinski definition) is 6. The lowest BCUT2D eigenvalue weighted by Crippen LogP contribution is -2.08. The van der Waals surface area contributed by atoms with Crippen molar-refractivity contribution in [1.82, 2.24) is 14.8 Å². The molecule has 0 aliphatic heterocycles. The van der Waals surface area contributed by atoms with Gasteiger partial charge in [-0.2, -0.15) is 10.4 Å². The summed E-state index contributed by atoms with van der Waals surface area (Å²) in [5.41, 5.74) is 1.79. The largest absolute Gasteiger partial charge is 0.462 e. The molecular weight excluding hydrogens is 288 g/mol. The van der Waals surface area contributed by atoms with Gasteiger partial charge in [-0.05, 0) is 19.1 Å². The van der Waals surface area contributed by atoms with E-state index in [9.17, 15) is 4.79 Å². The van der Waals surface area contributed by atoms with Gasteiger partial charge in [-0.15, -0.1) is 0 Å². The third-order valence-corrected chi connectivity index (χ3v) is 3.71. The molecule has 0 aliphatic carbocycles. The summed E-state index contributed by atoms with van der Waals surface area (Å²) in [7, 11) is 1.78. The van der Waals surface area contributed by atoms with Crippen molar-refractivity contribution in [2.24, 2.45) is 7.05 Å². The predicted octanol–water partition coefficient (Wildman–Crippen LogP) is 2.16. The summed E-state index contributed by atoms with van der Waals surface area (Å²) in [6.45, 7) is 2.09. The first-order valence-corrected chi connectivity index (χ1v) is 7.31. The number of carbonyl (C=O) groups is 1. The van der Waals surface area contributed by atoms with E-state index in [-0.39, 0.29) is 5.97 Å². The minimum atomic E-state index is -0.375. The average molecular weight is 302 g/mol. The van der Waals surface area contributed by atoms with Gasteiger partial charge in [0.05, 0.1) is 35.2 Å². The highest BCUT2D eigenvalue weighted by molar-refractivity contribution is 7.98. The maximum Gasteiger partial charge on any atom is 0.341 e. The number of thioether (sulfide) groups is 1. The molecule has 0 saturated heterocycles. The Kier molecular flexibility index (Phi) is 4.95. The van der Waals surface area contributed by atoms with Gasteiger partial charge in [0.25, 0.3) is 0 Å². The Balaban J connectivity index is 2.14. The number of ether oxygens (including phenoxy) is 1. The summed E-state index contributed by atoms with van der Waals surface area (Å²) < 4.78 is 6.66. The Morgan fingerprint density at radius 3 is 3.10 bits per heavy atom. The van der Waals surface area contributed by atoms with E-state index in [1.807, 2.05) is 0 Å². The van der Waals surface area contributed by atoms with Crippen LogP contribution >= 0.6 is 11.8 Å². The van der Waals surface area contributed by atoms with Crippen molar-refractivity contribution in [2.45, 2.75) is 17.7 Å². The highest BCUT2D eigenvalue weighted by Gasteiger charge is 2.17. The zero-order valence-corrected chi connectivity index (χ0v) is 12.6. The minimum absolute atomic E-state index is 0.325. The Bertz CT molecular complexity index is 691. The van der Waals surface area contributed by atoms with Crippen LogP contribution in [0.2, 0.25) is 0 Å². The molecule has 2 aromatic heterocycles. The van der Waals surface area contributed by atoms with Gasteiger partial charge in [0.15, 0.2) is 0 Å². The van der Waals surface area contributed by atoms with Crippen LogP contribution in [0.3, 0.4) is 0 Å². The van der Waals surface area contributed by atoms with Gasteiger partial charge in [0.2, 0.25) is 0 Å². The summed E-state index contributed by atoms with van der Waals surface area (Å²) in [6, 6.07) is 5.44. The zero-order chi connectivity index (χ0) is 15.2. The third kappa shape index (κ3) is 3.61. The van der Waals surface area contributed by atoms with E-state index in [1.54, 1.807) is 37.0 Å². The average Bonchev–Trinajstić information content (AvgIpc) is 2.86. The molecule has 108 valence electrons. The first-order chi connectivity index (χ1) is 10.2. The fourth-order valence-corrected chi connectivity index (χ4v) is 2.69. The van der Waals surface area contributed by atoms with Crippen LogP contribution in [0.1, 0.15) is 28.5 Å². The van der Waals surface area contributed by atoms with Crippen LogP contribution in [0.4, 0.5) is 0 Å². The summed E-state index contributed by atoms with van der Waals surface area (Å²) in [5.74, 6) is 0.145. The Morgan fingerprint density at radius 2 is 2.38 bits per heavy atom. The van der Waals surface area contributed by atoms with E-state index >= 15 is 0 Å². The SMILES string of the molecule is CCOC(=O)c1cnn(C)c1CSc1cc(C#N)ccn1. The molecule has 0 fully saturated rings. The van der Waals surface area contributed by atoms with Crippen molar-refractivity contribution in [3.05, 3.63) is 41.3 Å². The molecule has 2 aromatic rings. The molecule has 0 N–H and O–H groups in total.